The summed E-state index contributed by atoms with van der Waals surface area (Å²) < 4.78 is 23.5. The summed E-state index contributed by atoms with van der Waals surface area (Å²) in [7, 11) is -2.01. The third-order valence-electron chi connectivity index (χ3n) is 3.16. The molecule has 1 amide bonds. The van der Waals surface area contributed by atoms with Crippen molar-refractivity contribution in [2.45, 2.75) is 12.6 Å². The number of rotatable bonds is 7. The molecule has 0 spiro atoms. The molecule has 0 radical (unpaired) electrons. The van der Waals surface area contributed by atoms with E-state index >= 15 is 0 Å². The molecule has 0 saturated heterocycles. The van der Waals surface area contributed by atoms with Crippen LogP contribution >= 0.6 is 22.7 Å². The van der Waals surface area contributed by atoms with E-state index in [9.17, 15) is 18.3 Å². The molecule has 1 unspecified atom stereocenters. The van der Waals surface area contributed by atoms with Crippen molar-refractivity contribution in [1.29, 1.82) is 0 Å². The zero-order valence-electron chi connectivity index (χ0n) is 12.7. The molecule has 0 aromatic carbocycles. The minimum Gasteiger partial charge on any atom is -0.382 e. The van der Waals surface area contributed by atoms with Crippen molar-refractivity contribution in [3.63, 3.8) is 0 Å². The quantitative estimate of drug-likeness (QED) is 0.767. The molecule has 23 heavy (non-hydrogen) atoms. The number of nitrogens with one attached hydrogen (secondary N) is 1. The molecule has 0 aliphatic carbocycles. The summed E-state index contributed by atoms with van der Waals surface area (Å²) in [5.74, 6) is -0.369. The van der Waals surface area contributed by atoms with E-state index in [-0.39, 0.29) is 12.5 Å². The number of thiophene rings is 2. The zero-order valence-corrected chi connectivity index (χ0v) is 15.2. The normalized spacial score (nSPS) is 13.2. The van der Waals surface area contributed by atoms with Crippen molar-refractivity contribution in [3.8, 4) is 0 Å². The van der Waals surface area contributed by atoms with Crippen molar-refractivity contribution in [2.75, 3.05) is 19.8 Å². The summed E-state index contributed by atoms with van der Waals surface area (Å²) in [5, 5.41) is 14.8. The molecule has 126 valence electrons. The number of nitrogens with zero attached hydrogens (tertiary/aromatic N) is 1. The molecule has 2 N–H and O–H groups in total. The minimum atomic E-state index is -3.37. The van der Waals surface area contributed by atoms with Crippen LogP contribution in [-0.2, 0) is 21.4 Å². The van der Waals surface area contributed by atoms with Gasteiger partial charge in [0.15, 0.2) is 0 Å². The second-order valence-corrected chi connectivity index (χ2v) is 9.29. The number of amides is 1. The molecule has 2 heterocycles. The van der Waals surface area contributed by atoms with Gasteiger partial charge in [0, 0.05) is 21.7 Å². The molecule has 6 nitrogen and oxygen atoms in total. The highest BCUT2D eigenvalue weighted by molar-refractivity contribution is 7.88. The average molecular weight is 375 g/mol. The molecule has 2 rings (SSSR count). The number of sulfonamides is 1. The molecule has 0 bridgehead atoms. The fraction of sp³-hybridized carbons (Fsp3) is 0.357. The van der Waals surface area contributed by atoms with E-state index in [4.69, 9.17) is 0 Å². The minimum absolute atomic E-state index is 0.213. The Morgan fingerprint density at radius 1 is 1.35 bits per heavy atom. The maximum atomic E-state index is 11.7. The Hall–Kier alpha value is -1.26. The van der Waals surface area contributed by atoms with E-state index in [1.807, 2.05) is 29.6 Å². The van der Waals surface area contributed by atoms with Gasteiger partial charge in [-0.15, -0.1) is 22.7 Å². The molecule has 0 fully saturated rings. The Morgan fingerprint density at radius 3 is 2.70 bits per heavy atom. The fourth-order valence-corrected chi connectivity index (χ4v) is 3.90. The van der Waals surface area contributed by atoms with E-state index in [0.717, 1.165) is 25.2 Å². The zero-order chi connectivity index (χ0) is 17.0. The number of hydrogen-bond donors (Lipinski definition) is 2. The number of carbonyl (C=O) groups excluding carboxylic acids is 1. The number of aliphatic hydroxyl groups excluding tert-OH is 1. The van der Waals surface area contributed by atoms with Gasteiger partial charge in [0.25, 0.3) is 0 Å². The lowest BCUT2D eigenvalue weighted by molar-refractivity contribution is -0.121. The van der Waals surface area contributed by atoms with Crippen LogP contribution in [-0.4, -0.2) is 43.6 Å². The van der Waals surface area contributed by atoms with Gasteiger partial charge in [-0.25, -0.2) is 8.42 Å². The lowest BCUT2D eigenvalue weighted by Crippen LogP contribution is -2.37. The number of aliphatic hydroxyl groups is 1. The van der Waals surface area contributed by atoms with Crippen molar-refractivity contribution >= 4 is 38.6 Å². The lowest BCUT2D eigenvalue weighted by atomic mass is 10.2. The van der Waals surface area contributed by atoms with E-state index in [1.54, 1.807) is 0 Å². The lowest BCUT2D eigenvalue weighted by Gasteiger charge is -2.13. The Labute approximate surface area is 143 Å². The van der Waals surface area contributed by atoms with Gasteiger partial charge in [0.2, 0.25) is 15.9 Å². The van der Waals surface area contributed by atoms with E-state index in [2.05, 4.69) is 5.32 Å². The van der Waals surface area contributed by atoms with Crippen LogP contribution in [0.4, 0.5) is 0 Å². The maximum Gasteiger partial charge on any atom is 0.235 e. The van der Waals surface area contributed by atoms with Gasteiger partial charge in [-0.1, -0.05) is 6.07 Å². The van der Waals surface area contributed by atoms with Crippen LogP contribution in [0.15, 0.2) is 29.6 Å². The van der Waals surface area contributed by atoms with Crippen LogP contribution in [0.1, 0.15) is 20.7 Å². The van der Waals surface area contributed by atoms with Crippen molar-refractivity contribution in [2.24, 2.45) is 0 Å². The van der Waals surface area contributed by atoms with Crippen molar-refractivity contribution in [1.82, 2.24) is 9.62 Å². The predicted octanol–water partition coefficient (Wildman–Crippen LogP) is 1.40. The first-order valence-corrected chi connectivity index (χ1v) is 10.3. The van der Waals surface area contributed by atoms with Gasteiger partial charge in [-0.3, -0.25) is 4.79 Å². The Balaban J connectivity index is 1.89. The highest BCUT2D eigenvalue weighted by Crippen LogP contribution is 2.30. The number of hydrogen-bond acceptors (Lipinski definition) is 6. The van der Waals surface area contributed by atoms with Crippen LogP contribution < -0.4 is 5.32 Å². The van der Waals surface area contributed by atoms with E-state index < -0.39 is 16.1 Å². The van der Waals surface area contributed by atoms with E-state index in [0.29, 0.717) is 6.54 Å². The van der Waals surface area contributed by atoms with Gasteiger partial charge in [0.1, 0.15) is 6.10 Å². The Kier molecular flexibility index (Phi) is 5.93. The second-order valence-electron chi connectivity index (χ2n) is 5.02. The summed E-state index contributed by atoms with van der Waals surface area (Å²) in [6, 6.07) is 7.43. The topological polar surface area (TPSA) is 86.7 Å². The highest BCUT2D eigenvalue weighted by Gasteiger charge is 2.16. The summed E-state index contributed by atoms with van der Waals surface area (Å²) in [5.41, 5.74) is 0. The summed E-state index contributed by atoms with van der Waals surface area (Å²) in [6.45, 7) is 0.0904. The SMILES string of the molecule is CN(CC(=O)NCc1ccc(C(O)c2cccs2)s1)S(C)(=O)=O. The Morgan fingerprint density at radius 2 is 2.09 bits per heavy atom. The molecule has 2 aromatic rings. The maximum absolute atomic E-state index is 11.7. The molecule has 0 aliphatic heterocycles. The van der Waals surface area contributed by atoms with Crippen LogP contribution in [0.3, 0.4) is 0 Å². The Bertz CT molecular complexity index is 753. The van der Waals surface area contributed by atoms with Crippen LogP contribution in [0, 0.1) is 0 Å². The number of carbonyl (C=O) groups is 1. The summed E-state index contributed by atoms with van der Waals surface area (Å²) >= 11 is 2.90. The first kappa shape index (κ1) is 18.1. The molecular formula is C14H18N2O4S3. The molecule has 1 atom stereocenters. The molecular weight excluding hydrogens is 356 g/mol. The molecule has 9 heteroatoms. The highest BCUT2D eigenvalue weighted by atomic mass is 32.2. The van der Waals surface area contributed by atoms with Gasteiger partial charge in [0.05, 0.1) is 19.3 Å². The van der Waals surface area contributed by atoms with Gasteiger partial charge in [-0.2, -0.15) is 4.31 Å². The molecule has 0 saturated carbocycles. The van der Waals surface area contributed by atoms with Gasteiger partial charge < -0.3 is 10.4 Å². The van der Waals surface area contributed by atoms with Gasteiger partial charge in [-0.05, 0) is 23.6 Å². The first-order valence-electron chi connectivity index (χ1n) is 6.75. The summed E-state index contributed by atoms with van der Waals surface area (Å²) in [4.78, 5) is 14.3. The average Bonchev–Trinajstić information content (AvgIpc) is 3.15. The van der Waals surface area contributed by atoms with Gasteiger partial charge >= 0.3 is 0 Å². The third-order valence-corrected chi connectivity index (χ3v) is 6.48. The predicted molar refractivity (Wildman–Crippen MR) is 92.0 cm³/mol. The van der Waals surface area contributed by atoms with E-state index in [1.165, 1.54) is 29.7 Å². The second kappa shape index (κ2) is 7.54. The monoisotopic (exact) mass is 374 g/mol. The van der Waals surface area contributed by atoms with Crippen LogP contribution in [0.5, 0.6) is 0 Å². The van der Waals surface area contributed by atoms with Crippen molar-refractivity contribution in [3.05, 3.63) is 44.3 Å². The smallest absolute Gasteiger partial charge is 0.235 e. The summed E-state index contributed by atoms with van der Waals surface area (Å²) in [6.07, 6.45) is 0.401. The first-order chi connectivity index (χ1) is 10.8. The van der Waals surface area contributed by atoms with Crippen LogP contribution in [0.2, 0.25) is 0 Å². The fourth-order valence-electron chi connectivity index (χ4n) is 1.78. The number of likely N-dealkylation sites (N-methyl/N-ethyl adjacent to an activating group) is 1. The van der Waals surface area contributed by atoms with Crippen molar-refractivity contribution < 1.29 is 18.3 Å². The standard InChI is InChI=1S/C14H18N2O4S3/c1-16(23(2,19)20)9-13(17)15-8-10-5-6-12(22-10)14(18)11-4-3-7-21-11/h3-7,14,18H,8-9H2,1-2H3,(H,15,17). The third kappa shape index (κ3) is 5.11. The molecule has 2 aromatic heterocycles. The molecule has 0 aliphatic rings. The largest absolute Gasteiger partial charge is 0.382 e. The van der Waals surface area contributed by atoms with Crippen LogP contribution in [0.25, 0.3) is 0 Å².